The summed E-state index contributed by atoms with van der Waals surface area (Å²) in [5, 5.41) is 4.25. The van der Waals surface area contributed by atoms with E-state index in [0.717, 1.165) is 22.6 Å². The van der Waals surface area contributed by atoms with Gasteiger partial charge >= 0.3 is 0 Å². The molecule has 1 aromatic carbocycles. The van der Waals surface area contributed by atoms with Crippen molar-refractivity contribution in [2.24, 2.45) is 5.92 Å². The van der Waals surface area contributed by atoms with E-state index in [9.17, 15) is 9.59 Å². The van der Waals surface area contributed by atoms with E-state index in [1.807, 2.05) is 32.0 Å². The quantitative estimate of drug-likeness (QED) is 0.785. The maximum Gasteiger partial charge on any atom is 0.266 e. The third-order valence-electron chi connectivity index (χ3n) is 4.52. The van der Waals surface area contributed by atoms with Crippen LogP contribution in [0.5, 0.6) is 0 Å². The van der Waals surface area contributed by atoms with Gasteiger partial charge in [0.1, 0.15) is 5.82 Å². The Kier molecular flexibility index (Phi) is 3.63. The first kappa shape index (κ1) is 15.6. The number of rotatable bonds is 3. The molecule has 3 heterocycles. The lowest BCUT2D eigenvalue weighted by Gasteiger charge is -2.39. The summed E-state index contributed by atoms with van der Waals surface area (Å²) in [7, 11) is 0. The van der Waals surface area contributed by atoms with Crippen LogP contribution in [-0.2, 0) is 6.54 Å². The highest BCUT2D eigenvalue weighted by Crippen LogP contribution is 2.21. The Bertz CT molecular complexity index is 1010. The number of carbonyl (C=O) groups excluding carboxylic acids is 1. The number of hydrogen-bond acceptors (Lipinski definition) is 4. The van der Waals surface area contributed by atoms with Crippen molar-refractivity contribution in [1.29, 1.82) is 0 Å². The number of nitrogens with one attached hydrogen (secondary N) is 1. The summed E-state index contributed by atoms with van der Waals surface area (Å²) in [5.41, 5.74) is 3.10. The molecule has 0 aliphatic carbocycles. The molecule has 7 heteroatoms. The third-order valence-corrected chi connectivity index (χ3v) is 4.52. The van der Waals surface area contributed by atoms with Gasteiger partial charge in [-0.3, -0.25) is 9.59 Å². The second-order valence-corrected chi connectivity index (χ2v) is 6.63. The van der Waals surface area contributed by atoms with E-state index < -0.39 is 0 Å². The van der Waals surface area contributed by atoms with Crippen LogP contribution in [0.25, 0.3) is 11.0 Å². The first-order valence-electron chi connectivity index (χ1n) is 8.30. The molecular formula is C18H19N5O2. The molecule has 1 saturated heterocycles. The Labute approximate surface area is 144 Å². The van der Waals surface area contributed by atoms with Crippen LogP contribution in [0.4, 0.5) is 0 Å². The van der Waals surface area contributed by atoms with Crippen molar-refractivity contribution >= 4 is 16.9 Å². The van der Waals surface area contributed by atoms with Gasteiger partial charge in [-0.15, -0.1) is 0 Å². The Morgan fingerprint density at radius 1 is 1.24 bits per heavy atom. The van der Waals surface area contributed by atoms with Crippen LogP contribution in [0.15, 0.2) is 35.1 Å². The van der Waals surface area contributed by atoms with Gasteiger partial charge in [-0.1, -0.05) is 0 Å². The molecule has 1 aliphatic heterocycles. The van der Waals surface area contributed by atoms with Gasteiger partial charge < -0.3 is 9.88 Å². The number of carbonyl (C=O) groups is 1. The highest BCUT2D eigenvalue weighted by molar-refractivity contribution is 5.97. The first-order chi connectivity index (χ1) is 12.0. The molecule has 3 aromatic rings. The fourth-order valence-electron chi connectivity index (χ4n) is 3.23. The molecule has 0 radical (unpaired) electrons. The summed E-state index contributed by atoms with van der Waals surface area (Å²) >= 11 is 0. The summed E-state index contributed by atoms with van der Waals surface area (Å²) in [5.74, 6) is 1.10. The maximum atomic E-state index is 12.6. The zero-order chi connectivity index (χ0) is 17.6. The maximum absolute atomic E-state index is 12.6. The number of nitrogens with zero attached hydrogens (tertiary/aromatic N) is 4. The highest BCUT2D eigenvalue weighted by Gasteiger charge is 2.32. The lowest BCUT2D eigenvalue weighted by molar-refractivity contribution is 0.0458. The number of fused-ring (bicyclic) bond motifs is 1. The smallest absolute Gasteiger partial charge is 0.266 e. The van der Waals surface area contributed by atoms with Crippen LogP contribution in [0.2, 0.25) is 0 Å². The molecule has 4 rings (SSSR count). The topological polar surface area (TPSA) is 83.9 Å². The predicted octanol–water partition coefficient (Wildman–Crippen LogP) is 1.51. The minimum Gasteiger partial charge on any atom is -0.342 e. The number of aryl methyl sites for hydroxylation is 2. The summed E-state index contributed by atoms with van der Waals surface area (Å²) in [6, 6.07) is 8.76. The number of likely N-dealkylation sites (tertiary alicyclic amines) is 1. The Morgan fingerprint density at radius 2 is 2.04 bits per heavy atom. The molecule has 1 amide bonds. The largest absolute Gasteiger partial charge is 0.342 e. The Morgan fingerprint density at radius 3 is 2.84 bits per heavy atom. The van der Waals surface area contributed by atoms with Gasteiger partial charge in [0, 0.05) is 30.6 Å². The van der Waals surface area contributed by atoms with Gasteiger partial charge in [-0.05, 0) is 38.1 Å². The van der Waals surface area contributed by atoms with Crippen molar-refractivity contribution in [3.8, 4) is 0 Å². The van der Waals surface area contributed by atoms with Gasteiger partial charge in [-0.2, -0.15) is 5.10 Å². The van der Waals surface area contributed by atoms with E-state index in [0.29, 0.717) is 25.2 Å². The van der Waals surface area contributed by atoms with Crippen molar-refractivity contribution in [2.75, 3.05) is 13.1 Å². The third kappa shape index (κ3) is 2.93. The molecule has 1 N–H and O–H groups in total. The molecule has 1 aliphatic rings. The minimum absolute atomic E-state index is 0.00921. The molecule has 0 atom stereocenters. The van der Waals surface area contributed by atoms with Crippen molar-refractivity contribution in [3.05, 3.63) is 57.8 Å². The lowest BCUT2D eigenvalue weighted by Crippen LogP contribution is -2.52. The second-order valence-electron chi connectivity index (χ2n) is 6.63. The van der Waals surface area contributed by atoms with E-state index >= 15 is 0 Å². The molecule has 7 nitrogen and oxygen atoms in total. The standard InChI is InChI=1S/C18H19N5O2/c1-11-3-6-17(24)23(21-11)10-13-8-22(9-13)18(25)14-4-5-15-16(7-14)20-12(2)19-15/h3-7,13H,8-10H2,1-2H3,(H,19,20). The van der Waals surface area contributed by atoms with Gasteiger partial charge in [0.05, 0.1) is 23.3 Å². The zero-order valence-corrected chi connectivity index (χ0v) is 14.2. The summed E-state index contributed by atoms with van der Waals surface area (Å²) in [6.45, 7) is 5.58. The SMILES string of the molecule is Cc1ccc(=O)n(CC2CN(C(=O)c3ccc4nc(C)[nH]c4c3)C2)n1. The predicted molar refractivity (Wildman–Crippen MR) is 93.5 cm³/mol. The van der Waals surface area contributed by atoms with Gasteiger partial charge in [0.25, 0.3) is 11.5 Å². The van der Waals surface area contributed by atoms with Crippen LogP contribution in [0, 0.1) is 19.8 Å². The number of aromatic nitrogens is 4. The van der Waals surface area contributed by atoms with Gasteiger partial charge in [0.15, 0.2) is 0 Å². The number of imidazole rings is 1. The Balaban J connectivity index is 1.43. The summed E-state index contributed by atoms with van der Waals surface area (Å²) < 4.78 is 1.49. The molecule has 0 unspecified atom stereocenters. The highest BCUT2D eigenvalue weighted by atomic mass is 16.2. The van der Waals surface area contributed by atoms with Crippen LogP contribution in [-0.4, -0.2) is 43.6 Å². The van der Waals surface area contributed by atoms with E-state index in [4.69, 9.17) is 0 Å². The van der Waals surface area contributed by atoms with Gasteiger partial charge in [0.2, 0.25) is 0 Å². The number of H-pyrrole nitrogens is 1. The van der Waals surface area contributed by atoms with Crippen molar-refractivity contribution < 1.29 is 4.79 Å². The molecule has 128 valence electrons. The normalized spacial score (nSPS) is 14.7. The number of aromatic amines is 1. The first-order valence-corrected chi connectivity index (χ1v) is 8.30. The van der Waals surface area contributed by atoms with Crippen molar-refractivity contribution in [1.82, 2.24) is 24.6 Å². The van der Waals surface area contributed by atoms with Crippen molar-refractivity contribution in [3.63, 3.8) is 0 Å². The molecule has 25 heavy (non-hydrogen) atoms. The molecule has 0 spiro atoms. The fourth-order valence-corrected chi connectivity index (χ4v) is 3.23. The number of hydrogen-bond donors (Lipinski definition) is 1. The molecule has 1 fully saturated rings. The fraction of sp³-hybridized carbons (Fsp3) is 0.333. The van der Waals surface area contributed by atoms with Crippen LogP contribution >= 0.6 is 0 Å². The average molecular weight is 337 g/mol. The van der Waals surface area contributed by atoms with Crippen LogP contribution in [0.1, 0.15) is 21.9 Å². The van der Waals surface area contributed by atoms with E-state index in [2.05, 4.69) is 15.1 Å². The van der Waals surface area contributed by atoms with Crippen LogP contribution < -0.4 is 5.56 Å². The minimum atomic E-state index is -0.101. The average Bonchev–Trinajstić information content (AvgIpc) is 2.92. The summed E-state index contributed by atoms with van der Waals surface area (Å²) in [4.78, 5) is 33.7. The van der Waals surface area contributed by atoms with Crippen molar-refractivity contribution in [2.45, 2.75) is 20.4 Å². The summed E-state index contributed by atoms with van der Waals surface area (Å²) in [6.07, 6.45) is 0. The monoisotopic (exact) mass is 337 g/mol. The molecule has 0 saturated carbocycles. The molecule has 0 bridgehead atoms. The zero-order valence-electron chi connectivity index (χ0n) is 14.2. The molecular weight excluding hydrogens is 318 g/mol. The van der Waals surface area contributed by atoms with Crippen LogP contribution in [0.3, 0.4) is 0 Å². The second kappa shape index (κ2) is 5.84. The van der Waals surface area contributed by atoms with E-state index in [1.54, 1.807) is 11.0 Å². The number of amides is 1. The lowest BCUT2D eigenvalue weighted by atomic mass is 9.98. The Hall–Kier alpha value is -2.96. The number of benzene rings is 1. The molecule has 2 aromatic heterocycles. The van der Waals surface area contributed by atoms with E-state index in [1.165, 1.54) is 10.7 Å². The van der Waals surface area contributed by atoms with Gasteiger partial charge in [-0.25, -0.2) is 9.67 Å². The van der Waals surface area contributed by atoms with E-state index in [-0.39, 0.29) is 17.4 Å².